The SMILES string of the molecule is O=C(NC(CC1CC1)C(=O)N1CC(F)(F)CC1C(=O)O)OCC1c2ccccc2-c2ccccc21. The van der Waals surface area contributed by atoms with Gasteiger partial charge in [-0.15, -0.1) is 0 Å². The number of fused-ring (bicyclic) bond motifs is 3. The molecule has 2 atom stereocenters. The van der Waals surface area contributed by atoms with Crippen LogP contribution in [0.3, 0.4) is 0 Å². The Morgan fingerprint density at radius 3 is 2.23 bits per heavy atom. The Labute approximate surface area is 201 Å². The Morgan fingerprint density at radius 1 is 1.06 bits per heavy atom. The molecule has 2 aromatic carbocycles. The number of carboxylic acids is 1. The third-order valence-corrected chi connectivity index (χ3v) is 7.04. The molecule has 0 spiro atoms. The lowest BCUT2D eigenvalue weighted by molar-refractivity contribution is -0.149. The second kappa shape index (κ2) is 8.94. The molecule has 1 heterocycles. The molecule has 2 N–H and O–H groups in total. The lowest BCUT2D eigenvalue weighted by atomic mass is 9.98. The number of carbonyl (C=O) groups excluding carboxylic acids is 2. The van der Waals surface area contributed by atoms with Gasteiger partial charge in [-0.2, -0.15) is 0 Å². The minimum atomic E-state index is -3.29. The van der Waals surface area contributed by atoms with E-state index in [0.717, 1.165) is 35.1 Å². The zero-order valence-electron chi connectivity index (χ0n) is 19.0. The molecule has 0 bridgehead atoms. The summed E-state index contributed by atoms with van der Waals surface area (Å²) in [7, 11) is 0. The molecule has 0 radical (unpaired) electrons. The van der Waals surface area contributed by atoms with Crippen LogP contribution in [0.5, 0.6) is 0 Å². The minimum absolute atomic E-state index is 0.0454. The highest BCUT2D eigenvalue weighted by Gasteiger charge is 2.51. The molecule has 184 valence electrons. The first kappa shape index (κ1) is 23.3. The van der Waals surface area contributed by atoms with Gasteiger partial charge in [-0.1, -0.05) is 61.4 Å². The van der Waals surface area contributed by atoms with E-state index in [9.17, 15) is 28.3 Å². The summed E-state index contributed by atoms with van der Waals surface area (Å²) in [5, 5.41) is 11.9. The summed E-state index contributed by atoms with van der Waals surface area (Å²) >= 11 is 0. The van der Waals surface area contributed by atoms with E-state index < -0.39 is 48.9 Å². The van der Waals surface area contributed by atoms with Gasteiger partial charge in [0.05, 0.1) is 6.54 Å². The number of benzene rings is 2. The minimum Gasteiger partial charge on any atom is -0.480 e. The zero-order chi connectivity index (χ0) is 24.7. The first-order chi connectivity index (χ1) is 16.7. The van der Waals surface area contributed by atoms with Crippen LogP contribution in [0.15, 0.2) is 48.5 Å². The quantitative estimate of drug-likeness (QED) is 0.619. The normalized spacial score (nSPS) is 21.2. The summed E-state index contributed by atoms with van der Waals surface area (Å²) in [6.45, 7) is -0.930. The van der Waals surface area contributed by atoms with Crippen LogP contribution in [0.4, 0.5) is 13.6 Å². The average Bonchev–Trinajstić information content (AvgIpc) is 3.50. The van der Waals surface area contributed by atoms with Crippen molar-refractivity contribution in [2.24, 2.45) is 5.92 Å². The largest absolute Gasteiger partial charge is 0.480 e. The van der Waals surface area contributed by atoms with Gasteiger partial charge >= 0.3 is 12.1 Å². The molecule has 2 aliphatic carbocycles. The van der Waals surface area contributed by atoms with E-state index in [1.807, 2.05) is 48.5 Å². The number of rotatable bonds is 7. The van der Waals surface area contributed by atoms with E-state index in [1.165, 1.54) is 0 Å². The van der Waals surface area contributed by atoms with Gasteiger partial charge < -0.3 is 20.1 Å². The van der Waals surface area contributed by atoms with E-state index in [0.29, 0.717) is 4.90 Å². The number of halogens is 2. The van der Waals surface area contributed by atoms with Crippen molar-refractivity contribution < 1.29 is 33.0 Å². The Hall–Kier alpha value is -3.49. The monoisotopic (exact) mass is 484 g/mol. The van der Waals surface area contributed by atoms with Crippen molar-refractivity contribution in [1.82, 2.24) is 10.2 Å². The van der Waals surface area contributed by atoms with Crippen LogP contribution in [0, 0.1) is 5.92 Å². The lowest BCUT2D eigenvalue weighted by Crippen LogP contribution is -2.52. The molecule has 2 amide bonds. The van der Waals surface area contributed by atoms with Crippen LogP contribution in [0.1, 0.15) is 42.7 Å². The van der Waals surface area contributed by atoms with Gasteiger partial charge in [0.2, 0.25) is 5.91 Å². The molecule has 0 aromatic heterocycles. The molecular weight excluding hydrogens is 458 g/mol. The number of carboxylic acid groups (broad SMARTS) is 1. The molecule has 1 aliphatic heterocycles. The van der Waals surface area contributed by atoms with Gasteiger partial charge in [0, 0.05) is 12.3 Å². The fourth-order valence-electron chi connectivity index (χ4n) is 5.16. The third-order valence-electron chi connectivity index (χ3n) is 7.04. The van der Waals surface area contributed by atoms with Crippen LogP contribution < -0.4 is 5.32 Å². The molecule has 9 heteroatoms. The van der Waals surface area contributed by atoms with Crippen molar-refractivity contribution in [1.29, 1.82) is 0 Å². The molecule has 2 fully saturated rings. The number of hydrogen-bond donors (Lipinski definition) is 2. The highest BCUT2D eigenvalue weighted by Crippen LogP contribution is 2.44. The van der Waals surface area contributed by atoms with Crippen molar-refractivity contribution in [3.05, 3.63) is 59.7 Å². The van der Waals surface area contributed by atoms with Gasteiger partial charge in [-0.3, -0.25) is 4.79 Å². The van der Waals surface area contributed by atoms with Crippen molar-refractivity contribution in [2.75, 3.05) is 13.2 Å². The summed E-state index contributed by atoms with van der Waals surface area (Å²) in [5.41, 5.74) is 4.23. The summed E-state index contributed by atoms with van der Waals surface area (Å²) in [4.78, 5) is 38.0. The number of alkyl carbamates (subject to hydrolysis) is 1. The molecule has 5 rings (SSSR count). The molecule has 7 nitrogen and oxygen atoms in total. The second-order valence-corrected chi connectivity index (χ2v) is 9.58. The van der Waals surface area contributed by atoms with Gasteiger partial charge in [0.25, 0.3) is 5.92 Å². The summed E-state index contributed by atoms with van der Waals surface area (Å²) < 4.78 is 33.4. The van der Waals surface area contributed by atoms with Gasteiger partial charge in [-0.25, -0.2) is 18.4 Å². The Balaban J connectivity index is 1.28. The van der Waals surface area contributed by atoms with Crippen molar-refractivity contribution in [2.45, 2.75) is 49.6 Å². The molecule has 1 saturated heterocycles. The number of hydrogen-bond acceptors (Lipinski definition) is 4. The second-order valence-electron chi connectivity index (χ2n) is 9.58. The Kier molecular flexibility index (Phi) is 5.94. The Bertz CT molecular complexity index is 1120. The number of nitrogens with zero attached hydrogens (tertiary/aromatic N) is 1. The first-order valence-electron chi connectivity index (χ1n) is 11.8. The fraction of sp³-hybridized carbons (Fsp3) is 0.423. The van der Waals surface area contributed by atoms with Gasteiger partial charge in [0.15, 0.2) is 0 Å². The lowest BCUT2D eigenvalue weighted by Gasteiger charge is -2.27. The van der Waals surface area contributed by atoms with Crippen LogP contribution in [0.25, 0.3) is 11.1 Å². The van der Waals surface area contributed by atoms with Crippen LogP contribution in [-0.2, 0) is 14.3 Å². The molecule has 35 heavy (non-hydrogen) atoms. The standard InChI is InChI=1S/C26H26F2N2O5/c27-26(28)12-22(24(32)33)30(14-26)23(31)21(11-15-9-10-15)29-25(34)35-13-20-18-7-3-1-5-16(18)17-6-2-4-8-19(17)20/h1-8,15,20-22H,9-14H2,(H,29,34)(H,32,33). The van der Waals surface area contributed by atoms with Crippen LogP contribution in [-0.4, -0.2) is 59.1 Å². The fourth-order valence-corrected chi connectivity index (χ4v) is 5.16. The molecule has 2 unspecified atom stereocenters. The maximum atomic E-state index is 13.9. The zero-order valence-corrected chi connectivity index (χ0v) is 19.0. The van der Waals surface area contributed by atoms with E-state index in [-0.39, 0.29) is 24.9 Å². The number of ether oxygens (including phenoxy) is 1. The average molecular weight is 484 g/mol. The maximum absolute atomic E-state index is 13.9. The van der Waals surface area contributed by atoms with Crippen molar-refractivity contribution >= 4 is 18.0 Å². The number of likely N-dealkylation sites (tertiary alicyclic amines) is 1. The molecule has 3 aliphatic rings. The van der Waals surface area contributed by atoms with E-state index in [1.54, 1.807) is 0 Å². The number of alkyl halides is 2. The number of aliphatic carboxylic acids is 1. The predicted molar refractivity (Wildman–Crippen MR) is 122 cm³/mol. The summed E-state index contributed by atoms with van der Waals surface area (Å²) in [5.74, 6) is -5.56. The van der Waals surface area contributed by atoms with Crippen molar-refractivity contribution in [3.63, 3.8) is 0 Å². The van der Waals surface area contributed by atoms with E-state index in [4.69, 9.17) is 4.74 Å². The van der Waals surface area contributed by atoms with E-state index in [2.05, 4.69) is 5.32 Å². The smallest absolute Gasteiger partial charge is 0.407 e. The molecule has 2 aromatic rings. The molecule has 1 saturated carbocycles. The van der Waals surface area contributed by atoms with Gasteiger partial charge in [-0.05, 0) is 34.6 Å². The molecular formula is C26H26F2N2O5. The van der Waals surface area contributed by atoms with Gasteiger partial charge in [0.1, 0.15) is 18.7 Å². The van der Waals surface area contributed by atoms with Crippen molar-refractivity contribution in [3.8, 4) is 11.1 Å². The number of amides is 2. The summed E-state index contributed by atoms with van der Waals surface area (Å²) in [6, 6.07) is 13.0. The highest BCUT2D eigenvalue weighted by atomic mass is 19.3. The van der Waals surface area contributed by atoms with E-state index >= 15 is 0 Å². The van der Waals surface area contributed by atoms with Crippen LogP contribution in [0.2, 0.25) is 0 Å². The topological polar surface area (TPSA) is 95.9 Å². The maximum Gasteiger partial charge on any atom is 0.407 e. The number of nitrogens with one attached hydrogen (secondary N) is 1. The Morgan fingerprint density at radius 2 is 1.66 bits per heavy atom. The summed E-state index contributed by atoms with van der Waals surface area (Å²) in [6.07, 6.45) is 0.236. The predicted octanol–water partition coefficient (Wildman–Crippen LogP) is 4.01. The first-order valence-corrected chi connectivity index (χ1v) is 11.8. The highest BCUT2D eigenvalue weighted by molar-refractivity contribution is 5.90. The third kappa shape index (κ3) is 4.72. The van der Waals surface area contributed by atoms with Crippen LogP contribution >= 0.6 is 0 Å². The number of carbonyl (C=O) groups is 3.